The van der Waals surface area contributed by atoms with Crippen LogP contribution in [0.25, 0.3) is 0 Å². The molecule has 1 amide bonds. The van der Waals surface area contributed by atoms with E-state index in [0.29, 0.717) is 12.3 Å². The van der Waals surface area contributed by atoms with Gasteiger partial charge in [-0.15, -0.1) is 0 Å². The summed E-state index contributed by atoms with van der Waals surface area (Å²) in [7, 11) is 0. The fourth-order valence-electron chi connectivity index (χ4n) is 1.89. The molecular weight excluding hydrogens is 252 g/mol. The molecular formula is C16H20N2O2. The van der Waals surface area contributed by atoms with Gasteiger partial charge in [-0.2, -0.15) is 0 Å². The number of carbonyl (C=O) groups is 1. The molecule has 1 aromatic heterocycles. The van der Waals surface area contributed by atoms with E-state index in [0.717, 1.165) is 13.0 Å². The zero-order chi connectivity index (χ0) is 14.2. The highest BCUT2D eigenvalue weighted by atomic mass is 16.5. The normalized spacial score (nSPS) is 11.8. The number of rotatable bonds is 7. The van der Waals surface area contributed by atoms with Gasteiger partial charge in [0.15, 0.2) is 6.10 Å². The Hall–Kier alpha value is -2.23. The Labute approximate surface area is 119 Å². The van der Waals surface area contributed by atoms with Gasteiger partial charge in [-0.05, 0) is 37.6 Å². The maximum absolute atomic E-state index is 11.9. The lowest BCUT2D eigenvalue weighted by atomic mass is 10.3. The zero-order valence-corrected chi connectivity index (χ0v) is 11.7. The number of nitrogens with one attached hydrogen (secondary N) is 1. The monoisotopic (exact) mass is 272 g/mol. The zero-order valence-electron chi connectivity index (χ0n) is 11.7. The topological polar surface area (TPSA) is 43.3 Å². The van der Waals surface area contributed by atoms with Crippen molar-refractivity contribution in [2.24, 2.45) is 0 Å². The summed E-state index contributed by atoms with van der Waals surface area (Å²) in [5, 5.41) is 2.89. The first kappa shape index (κ1) is 14.2. The average Bonchev–Trinajstić information content (AvgIpc) is 2.97. The number of carbonyl (C=O) groups excluding carboxylic acids is 1. The fraction of sp³-hybridized carbons (Fsp3) is 0.312. The van der Waals surface area contributed by atoms with Crippen molar-refractivity contribution in [3.8, 4) is 5.75 Å². The van der Waals surface area contributed by atoms with Gasteiger partial charge in [-0.25, -0.2) is 0 Å². The summed E-state index contributed by atoms with van der Waals surface area (Å²) < 4.78 is 7.66. The SMILES string of the molecule is CC(Oc1ccccc1)C(=O)NCCCn1cccc1. The van der Waals surface area contributed by atoms with E-state index in [1.807, 2.05) is 54.9 Å². The van der Waals surface area contributed by atoms with Crippen molar-refractivity contribution in [1.29, 1.82) is 0 Å². The van der Waals surface area contributed by atoms with Crippen LogP contribution in [-0.2, 0) is 11.3 Å². The van der Waals surface area contributed by atoms with Gasteiger partial charge in [0.2, 0.25) is 0 Å². The van der Waals surface area contributed by atoms with E-state index in [1.54, 1.807) is 6.92 Å². The maximum Gasteiger partial charge on any atom is 0.260 e. The number of hydrogen-bond acceptors (Lipinski definition) is 2. The Kier molecular flexibility index (Phi) is 5.24. The fourth-order valence-corrected chi connectivity index (χ4v) is 1.89. The highest BCUT2D eigenvalue weighted by Gasteiger charge is 2.13. The van der Waals surface area contributed by atoms with Crippen LogP contribution in [0.4, 0.5) is 0 Å². The minimum absolute atomic E-state index is 0.0821. The maximum atomic E-state index is 11.9. The van der Waals surface area contributed by atoms with Gasteiger partial charge in [-0.1, -0.05) is 18.2 Å². The Bertz CT molecular complexity index is 509. The molecule has 0 bridgehead atoms. The van der Waals surface area contributed by atoms with Crippen LogP contribution in [0, 0.1) is 0 Å². The predicted octanol–water partition coefficient (Wildman–Crippen LogP) is 2.46. The third-order valence-electron chi connectivity index (χ3n) is 2.98. The molecule has 106 valence electrons. The molecule has 0 aliphatic heterocycles. The van der Waals surface area contributed by atoms with E-state index in [4.69, 9.17) is 4.74 Å². The van der Waals surface area contributed by atoms with Crippen molar-refractivity contribution in [3.05, 3.63) is 54.9 Å². The minimum Gasteiger partial charge on any atom is -0.481 e. The summed E-state index contributed by atoms with van der Waals surface area (Å²) in [6, 6.07) is 13.4. The standard InChI is InChI=1S/C16H20N2O2/c1-14(20-15-8-3-2-4-9-15)16(19)17-10-7-13-18-11-5-6-12-18/h2-6,8-9,11-12,14H,7,10,13H2,1H3,(H,17,19). The van der Waals surface area contributed by atoms with Crippen molar-refractivity contribution in [2.45, 2.75) is 26.0 Å². The first-order valence-electron chi connectivity index (χ1n) is 6.86. The summed E-state index contributed by atoms with van der Waals surface area (Å²) in [4.78, 5) is 11.9. The van der Waals surface area contributed by atoms with E-state index in [2.05, 4.69) is 9.88 Å². The lowest BCUT2D eigenvalue weighted by molar-refractivity contribution is -0.127. The van der Waals surface area contributed by atoms with E-state index >= 15 is 0 Å². The number of benzene rings is 1. The molecule has 0 aliphatic rings. The molecule has 0 aliphatic carbocycles. The average molecular weight is 272 g/mol. The van der Waals surface area contributed by atoms with E-state index in [1.165, 1.54) is 0 Å². The van der Waals surface area contributed by atoms with Crippen LogP contribution in [0.1, 0.15) is 13.3 Å². The molecule has 0 radical (unpaired) electrons. The number of hydrogen-bond donors (Lipinski definition) is 1. The van der Waals surface area contributed by atoms with Crippen molar-refractivity contribution in [3.63, 3.8) is 0 Å². The van der Waals surface area contributed by atoms with Crippen molar-refractivity contribution in [1.82, 2.24) is 9.88 Å². The molecule has 1 atom stereocenters. The first-order valence-corrected chi connectivity index (χ1v) is 6.86. The summed E-state index contributed by atoms with van der Waals surface area (Å²) >= 11 is 0. The van der Waals surface area contributed by atoms with Crippen LogP contribution in [0.5, 0.6) is 5.75 Å². The molecule has 1 unspecified atom stereocenters. The molecule has 1 heterocycles. The molecule has 4 nitrogen and oxygen atoms in total. The predicted molar refractivity (Wildman–Crippen MR) is 78.6 cm³/mol. The number of amides is 1. The highest BCUT2D eigenvalue weighted by Crippen LogP contribution is 2.10. The molecule has 0 saturated heterocycles. The van der Waals surface area contributed by atoms with E-state index in [9.17, 15) is 4.79 Å². The van der Waals surface area contributed by atoms with Crippen molar-refractivity contribution in [2.75, 3.05) is 6.54 Å². The molecule has 0 saturated carbocycles. The molecule has 0 spiro atoms. The van der Waals surface area contributed by atoms with Gasteiger partial charge in [0.25, 0.3) is 5.91 Å². The first-order chi connectivity index (χ1) is 9.75. The quantitative estimate of drug-likeness (QED) is 0.787. The number of aryl methyl sites for hydroxylation is 1. The number of ether oxygens (including phenoxy) is 1. The minimum atomic E-state index is -0.482. The van der Waals surface area contributed by atoms with Gasteiger partial charge < -0.3 is 14.6 Å². The number of aromatic nitrogens is 1. The van der Waals surface area contributed by atoms with Gasteiger partial charge in [-0.3, -0.25) is 4.79 Å². The summed E-state index contributed by atoms with van der Waals surface area (Å²) in [5.41, 5.74) is 0. The Balaban J connectivity index is 1.66. The second-order valence-electron chi connectivity index (χ2n) is 4.64. The smallest absolute Gasteiger partial charge is 0.260 e. The van der Waals surface area contributed by atoms with Crippen LogP contribution in [-0.4, -0.2) is 23.1 Å². The summed E-state index contributed by atoms with van der Waals surface area (Å²) in [6.45, 7) is 3.31. The van der Waals surface area contributed by atoms with Gasteiger partial charge in [0.1, 0.15) is 5.75 Å². The lowest BCUT2D eigenvalue weighted by Gasteiger charge is -2.14. The highest BCUT2D eigenvalue weighted by molar-refractivity contribution is 5.80. The van der Waals surface area contributed by atoms with Crippen LogP contribution in [0.15, 0.2) is 54.9 Å². The molecule has 2 rings (SSSR count). The molecule has 0 fully saturated rings. The second kappa shape index (κ2) is 7.38. The third kappa shape index (κ3) is 4.46. The van der Waals surface area contributed by atoms with Crippen molar-refractivity contribution < 1.29 is 9.53 Å². The molecule has 1 aromatic carbocycles. The summed E-state index contributed by atoms with van der Waals surface area (Å²) in [6.07, 6.45) is 4.45. The lowest BCUT2D eigenvalue weighted by Crippen LogP contribution is -2.37. The summed E-state index contributed by atoms with van der Waals surface area (Å²) in [5.74, 6) is 0.629. The van der Waals surface area contributed by atoms with Crippen LogP contribution in [0.2, 0.25) is 0 Å². The third-order valence-corrected chi connectivity index (χ3v) is 2.98. The Morgan fingerprint density at radius 3 is 2.60 bits per heavy atom. The van der Waals surface area contributed by atoms with Crippen LogP contribution in [0.3, 0.4) is 0 Å². The van der Waals surface area contributed by atoms with Gasteiger partial charge in [0.05, 0.1) is 0 Å². The number of nitrogens with zero attached hydrogens (tertiary/aromatic N) is 1. The van der Waals surface area contributed by atoms with Gasteiger partial charge >= 0.3 is 0 Å². The van der Waals surface area contributed by atoms with E-state index in [-0.39, 0.29) is 5.91 Å². The van der Waals surface area contributed by atoms with Crippen molar-refractivity contribution >= 4 is 5.91 Å². The Morgan fingerprint density at radius 2 is 1.90 bits per heavy atom. The molecule has 4 heteroatoms. The van der Waals surface area contributed by atoms with Gasteiger partial charge in [0, 0.05) is 25.5 Å². The largest absolute Gasteiger partial charge is 0.481 e. The molecule has 1 N–H and O–H groups in total. The number of para-hydroxylation sites is 1. The molecule has 20 heavy (non-hydrogen) atoms. The Morgan fingerprint density at radius 1 is 1.20 bits per heavy atom. The van der Waals surface area contributed by atoms with E-state index < -0.39 is 6.10 Å². The van der Waals surface area contributed by atoms with Crippen LogP contribution >= 0.6 is 0 Å². The second-order valence-corrected chi connectivity index (χ2v) is 4.64. The molecule has 2 aromatic rings. The van der Waals surface area contributed by atoms with Crippen LogP contribution < -0.4 is 10.1 Å².